The van der Waals surface area contributed by atoms with Gasteiger partial charge in [-0.25, -0.2) is 4.99 Å². The van der Waals surface area contributed by atoms with Crippen molar-refractivity contribution < 1.29 is 19.1 Å². The van der Waals surface area contributed by atoms with Crippen LogP contribution in [0.2, 0.25) is 0 Å². The van der Waals surface area contributed by atoms with Crippen molar-refractivity contribution in [2.24, 2.45) is 22.6 Å². The van der Waals surface area contributed by atoms with Crippen molar-refractivity contribution in [1.82, 2.24) is 15.5 Å². The number of carbonyl (C=O) groups excluding carboxylic acids is 3. The molecule has 2 heterocycles. The van der Waals surface area contributed by atoms with Crippen LogP contribution in [0, 0.1) is 11.8 Å². The van der Waals surface area contributed by atoms with Crippen LogP contribution in [0.1, 0.15) is 64.5 Å². The third kappa shape index (κ3) is 7.94. The first-order valence-electron chi connectivity index (χ1n) is 15.6. The topological polar surface area (TPSA) is 126 Å². The zero-order valence-corrected chi connectivity index (χ0v) is 26.6. The van der Waals surface area contributed by atoms with Crippen molar-refractivity contribution >= 4 is 23.9 Å². The van der Waals surface area contributed by atoms with Gasteiger partial charge in [0.05, 0.1) is 18.1 Å². The summed E-state index contributed by atoms with van der Waals surface area (Å²) >= 11 is 0. The zero-order chi connectivity index (χ0) is 31.9. The van der Waals surface area contributed by atoms with Crippen LogP contribution in [0.5, 0.6) is 5.75 Å². The fourth-order valence-electron chi connectivity index (χ4n) is 5.72. The molecule has 3 atom stereocenters. The first-order chi connectivity index (χ1) is 20.9. The maximum absolute atomic E-state index is 14.2. The summed E-state index contributed by atoms with van der Waals surface area (Å²) in [6.45, 7) is 8.81. The number of rotatable bonds is 12. The summed E-state index contributed by atoms with van der Waals surface area (Å²) in [6, 6.07) is 16.8. The number of nitrogens with zero attached hydrogens (tertiary/aromatic N) is 2. The van der Waals surface area contributed by atoms with Gasteiger partial charge in [0.2, 0.25) is 17.7 Å². The van der Waals surface area contributed by atoms with Crippen molar-refractivity contribution in [3.63, 3.8) is 0 Å². The molecule has 9 heteroatoms. The second kappa shape index (κ2) is 14.2. The van der Waals surface area contributed by atoms with E-state index in [1.54, 1.807) is 27.2 Å². The molecule has 2 aromatic carbocycles. The highest BCUT2D eigenvalue weighted by Crippen LogP contribution is 2.38. The third-order valence-electron chi connectivity index (χ3n) is 8.84. The van der Waals surface area contributed by atoms with Crippen LogP contribution in [-0.2, 0) is 26.2 Å². The molecule has 0 bridgehead atoms. The molecule has 44 heavy (non-hydrogen) atoms. The Bertz CT molecular complexity index is 1360. The number of nitrogens with one attached hydrogen (secondary N) is 2. The first kappa shape index (κ1) is 32.9. The molecule has 3 amide bonds. The fourth-order valence-corrected chi connectivity index (χ4v) is 5.72. The Labute approximate surface area is 261 Å². The van der Waals surface area contributed by atoms with E-state index in [0.29, 0.717) is 43.4 Å². The Morgan fingerprint density at radius 3 is 2.32 bits per heavy atom. The summed E-state index contributed by atoms with van der Waals surface area (Å²) in [5.41, 5.74) is 5.94. The van der Waals surface area contributed by atoms with E-state index in [1.807, 2.05) is 72.5 Å². The maximum Gasteiger partial charge on any atom is 0.248 e. The van der Waals surface area contributed by atoms with Gasteiger partial charge in [-0.15, -0.1) is 0 Å². The molecule has 2 unspecified atom stereocenters. The van der Waals surface area contributed by atoms with Gasteiger partial charge in [-0.1, -0.05) is 49.4 Å². The molecule has 0 spiro atoms. The largest absolute Gasteiger partial charge is 0.497 e. The lowest BCUT2D eigenvalue weighted by molar-refractivity contribution is -0.139. The summed E-state index contributed by atoms with van der Waals surface area (Å²) in [4.78, 5) is 47.0. The highest BCUT2D eigenvalue weighted by atomic mass is 16.5. The van der Waals surface area contributed by atoms with E-state index < -0.39 is 28.8 Å². The van der Waals surface area contributed by atoms with Crippen LogP contribution < -0.4 is 21.1 Å². The predicted molar refractivity (Wildman–Crippen MR) is 173 cm³/mol. The van der Waals surface area contributed by atoms with Crippen LogP contribution in [0.4, 0.5) is 0 Å². The summed E-state index contributed by atoms with van der Waals surface area (Å²) in [5, 5.41) is 5.74. The Morgan fingerprint density at radius 2 is 1.70 bits per heavy atom. The monoisotopic (exact) mass is 601 g/mol. The lowest BCUT2D eigenvalue weighted by Crippen LogP contribution is -2.55. The van der Waals surface area contributed by atoms with E-state index in [0.717, 1.165) is 30.4 Å². The number of hydrogen-bond acceptors (Lipinski definition) is 6. The molecule has 0 radical (unpaired) electrons. The van der Waals surface area contributed by atoms with Gasteiger partial charge in [0.25, 0.3) is 0 Å². The quantitative estimate of drug-likeness (QED) is 0.338. The van der Waals surface area contributed by atoms with Gasteiger partial charge < -0.3 is 26.0 Å². The Hall–Kier alpha value is -3.98. The van der Waals surface area contributed by atoms with Gasteiger partial charge in [0.15, 0.2) is 0 Å². The number of ether oxygens (including phenoxy) is 1. The second-order valence-corrected chi connectivity index (χ2v) is 12.9. The predicted octanol–water partition coefficient (Wildman–Crippen LogP) is 4.11. The second-order valence-electron chi connectivity index (χ2n) is 12.9. The SMILES string of the molecule is COc1ccc(C(C)(C(=O)N2CCC(C)CC2)C2C=NC(NC(=O)[C@@H](CCCc3ccccc3)NC(=O)C(C)(C)N)=C2)cc1. The lowest BCUT2D eigenvalue weighted by atomic mass is 9.71. The van der Waals surface area contributed by atoms with E-state index >= 15 is 0 Å². The average molecular weight is 602 g/mol. The van der Waals surface area contributed by atoms with E-state index in [1.165, 1.54) is 0 Å². The number of hydrogen-bond donors (Lipinski definition) is 3. The Balaban J connectivity index is 1.54. The molecule has 4 rings (SSSR count). The minimum Gasteiger partial charge on any atom is -0.497 e. The average Bonchev–Trinajstić information content (AvgIpc) is 3.49. The van der Waals surface area contributed by atoms with Gasteiger partial charge >= 0.3 is 0 Å². The number of allylic oxidation sites excluding steroid dienone is 1. The number of aryl methyl sites for hydroxylation is 1. The number of methoxy groups -OCH3 is 1. The molecule has 236 valence electrons. The minimum absolute atomic E-state index is 0.0334. The number of aliphatic imine (C=N–C) groups is 1. The number of carbonyl (C=O) groups is 3. The smallest absolute Gasteiger partial charge is 0.248 e. The third-order valence-corrected chi connectivity index (χ3v) is 8.84. The molecular formula is C35H47N5O4. The zero-order valence-electron chi connectivity index (χ0n) is 26.6. The first-order valence-corrected chi connectivity index (χ1v) is 15.6. The van der Waals surface area contributed by atoms with E-state index in [-0.39, 0.29) is 11.8 Å². The fraction of sp³-hybridized carbons (Fsp3) is 0.486. The lowest BCUT2D eigenvalue weighted by Gasteiger charge is -2.40. The number of likely N-dealkylation sites (tertiary alicyclic amines) is 1. The van der Waals surface area contributed by atoms with Crippen LogP contribution >= 0.6 is 0 Å². The van der Waals surface area contributed by atoms with Crippen molar-refractivity contribution in [1.29, 1.82) is 0 Å². The number of amides is 3. The molecule has 4 N–H and O–H groups in total. The number of benzene rings is 2. The Morgan fingerprint density at radius 1 is 1.05 bits per heavy atom. The molecule has 9 nitrogen and oxygen atoms in total. The highest BCUT2D eigenvalue weighted by molar-refractivity contribution is 5.95. The van der Waals surface area contributed by atoms with Gasteiger partial charge in [0.1, 0.15) is 17.6 Å². The van der Waals surface area contributed by atoms with E-state index in [4.69, 9.17) is 10.5 Å². The summed E-state index contributed by atoms with van der Waals surface area (Å²) in [7, 11) is 1.61. The standard InChI is InChI=1S/C35H47N5O4/c1-24-18-20-40(21-19-24)33(43)35(4,26-14-16-28(44-5)17-15-26)27-22-30(37-23-27)39-31(41)29(38-32(42)34(2,3)36)13-9-12-25-10-7-6-8-11-25/h6-8,10-11,14-17,22-24,27,29H,9,12-13,18-21,36H2,1-5H3,(H,38,42)(H,39,41)/t27?,29-,35?/m1/s1. The van der Waals surface area contributed by atoms with Gasteiger partial charge in [-0.2, -0.15) is 0 Å². The van der Waals surface area contributed by atoms with Crippen molar-refractivity contribution in [3.05, 3.63) is 77.6 Å². The molecule has 0 aliphatic carbocycles. The van der Waals surface area contributed by atoms with Crippen molar-refractivity contribution in [2.75, 3.05) is 20.2 Å². The molecule has 0 aromatic heterocycles. The van der Waals surface area contributed by atoms with Gasteiger partial charge in [-0.05, 0) is 88.1 Å². The molecule has 2 aliphatic heterocycles. The number of nitrogens with two attached hydrogens (primary N) is 1. The van der Waals surface area contributed by atoms with E-state index in [2.05, 4.69) is 22.5 Å². The highest BCUT2D eigenvalue weighted by Gasteiger charge is 2.45. The summed E-state index contributed by atoms with van der Waals surface area (Å²) in [5.74, 6) is 0.508. The number of piperidine rings is 1. The molecule has 2 aliphatic rings. The molecule has 0 saturated carbocycles. The van der Waals surface area contributed by atoms with Crippen LogP contribution in [0.3, 0.4) is 0 Å². The molecular weight excluding hydrogens is 554 g/mol. The van der Waals surface area contributed by atoms with E-state index in [9.17, 15) is 14.4 Å². The maximum atomic E-state index is 14.2. The van der Waals surface area contributed by atoms with Gasteiger partial charge in [0, 0.05) is 25.2 Å². The molecule has 2 aromatic rings. The van der Waals surface area contributed by atoms with Crippen LogP contribution in [0.25, 0.3) is 0 Å². The van der Waals surface area contributed by atoms with Crippen LogP contribution in [-0.4, -0.2) is 60.6 Å². The Kier molecular flexibility index (Phi) is 10.6. The van der Waals surface area contributed by atoms with Gasteiger partial charge in [-0.3, -0.25) is 14.4 Å². The summed E-state index contributed by atoms with van der Waals surface area (Å²) in [6.07, 6.45) is 7.40. The van der Waals surface area contributed by atoms with Crippen LogP contribution in [0.15, 0.2) is 71.5 Å². The summed E-state index contributed by atoms with van der Waals surface area (Å²) < 4.78 is 5.36. The minimum atomic E-state index is -1.14. The van der Waals surface area contributed by atoms with Crippen molar-refractivity contribution in [3.8, 4) is 5.75 Å². The normalized spacial score (nSPS) is 19.1. The molecule has 1 saturated heterocycles. The van der Waals surface area contributed by atoms with Crippen molar-refractivity contribution in [2.45, 2.75) is 76.8 Å². The molecule has 1 fully saturated rings.